The van der Waals surface area contributed by atoms with Gasteiger partial charge in [0.1, 0.15) is 5.82 Å². The minimum Gasteiger partial charge on any atom is -0.386 e. The van der Waals surface area contributed by atoms with E-state index in [1.807, 2.05) is 13.8 Å². The summed E-state index contributed by atoms with van der Waals surface area (Å²) >= 11 is 0. The molecule has 1 unspecified atom stereocenters. The molecular weight excluding hydrogens is 181 g/mol. The smallest absolute Gasteiger partial charge is 0.129 e. The number of hydrogen-bond donors (Lipinski definition) is 2. The normalized spacial score (nSPS) is 14.1. The van der Waals surface area contributed by atoms with Gasteiger partial charge in [0.15, 0.2) is 0 Å². The van der Waals surface area contributed by atoms with E-state index in [9.17, 15) is 9.50 Å². The predicted octanol–water partition coefficient (Wildman–Crippen LogP) is 1.86. The maximum absolute atomic E-state index is 13.3. The zero-order valence-electron chi connectivity index (χ0n) is 8.71. The van der Waals surface area contributed by atoms with Gasteiger partial charge in [-0.15, -0.1) is 0 Å². The Balaban J connectivity index is 3.00. The average molecular weight is 197 g/mol. The zero-order chi connectivity index (χ0) is 10.8. The van der Waals surface area contributed by atoms with Gasteiger partial charge in [-0.25, -0.2) is 4.39 Å². The Hall–Kier alpha value is -0.930. The minimum atomic E-state index is -0.853. The molecule has 0 heterocycles. The molecule has 0 saturated heterocycles. The molecule has 0 bridgehead atoms. The second kappa shape index (κ2) is 4.07. The molecule has 0 aliphatic heterocycles. The molecule has 0 aromatic heterocycles. The van der Waals surface area contributed by atoms with Crippen LogP contribution in [0.4, 0.5) is 4.39 Å². The molecule has 1 aromatic carbocycles. The Labute approximate surface area is 83.8 Å². The molecule has 14 heavy (non-hydrogen) atoms. The fourth-order valence-corrected chi connectivity index (χ4v) is 1.22. The molecule has 1 rings (SSSR count). The second-order valence-corrected chi connectivity index (χ2v) is 3.90. The first kappa shape index (κ1) is 11.1. The number of halogens is 1. The standard InChI is InChI=1S/C11H16FNO/c1-11(2,13-3)10(14)8-6-4-5-7-9(8)12/h4-7,10,13-14H,1-3H3. The Morgan fingerprint density at radius 2 is 1.93 bits per heavy atom. The van der Waals surface area contributed by atoms with E-state index >= 15 is 0 Å². The summed E-state index contributed by atoms with van der Waals surface area (Å²) in [5.41, 5.74) is -0.214. The number of likely N-dealkylation sites (N-methyl/N-ethyl adjacent to an activating group) is 1. The number of nitrogens with one attached hydrogen (secondary N) is 1. The van der Waals surface area contributed by atoms with Crippen molar-refractivity contribution in [2.45, 2.75) is 25.5 Å². The largest absolute Gasteiger partial charge is 0.386 e. The number of rotatable bonds is 3. The van der Waals surface area contributed by atoms with E-state index in [4.69, 9.17) is 0 Å². The summed E-state index contributed by atoms with van der Waals surface area (Å²) in [5, 5.41) is 12.9. The van der Waals surface area contributed by atoms with E-state index < -0.39 is 11.6 Å². The van der Waals surface area contributed by atoms with E-state index in [0.717, 1.165) is 0 Å². The molecule has 0 radical (unpaired) electrons. The van der Waals surface area contributed by atoms with Crippen molar-refractivity contribution in [1.82, 2.24) is 5.32 Å². The van der Waals surface area contributed by atoms with Crippen LogP contribution in [0.2, 0.25) is 0 Å². The fourth-order valence-electron chi connectivity index (χ4n) is 1.22. The van der Waals surface area contributed by atoms with E-state index in [1.165, 1.54) is 6.07 Å². The lowest BCUT2D eigenvalue weighted by atomic mass is 9.91. The Morgan fingerprint density at radius 1 is 1.36 bits per heavy atom. The number of aliphatic hydroxyl groups excluding tert-OH is 1. The zero-order valence-corrected chi connectivity index (χ0v) is 8.71. The van der Waals surface area contributed by atoms with Gasteiger partial charge in [0.2, 0.25) is 0 Å². The molecule has 2 nitrogen and oxygen atoms in total. The summed E-state index contributed by atoms with van der Waals surface area (Å²) in [7, 11) is 1.74. The molecule has 1 atom stereocenters. The van der Waals surface area contributed by atoms with Crippen molar-refractivity contribution in [3.63, 3.8) is 0 Å². The molecule has 0 aliphatic rings. The van der Waals surface area contributed by atoms with Crippen molar-refractivity contribution >= 4 is 0 Å². The van der Waals surface area contributed by atoms with Crippen LogP contribution in [0.1, 0.15) is 25.5 Å². The SMILES string of the molecule is CNC(C)(C)C(O)c1ccccc1F. The highest BCUT2D eigenvalue weighted by Gasteiger charge is 2.28. The highest BCUT2D eigenvalue weighted by atomic mass is 19.1. The maximum atomic E-state index is 13.3. The second-order valence-electron chi connectivity index (χ2n) is 3.90. The van der Waals surface area contributed by atoms with Crippen molar-refractivity contribution in [2.75, 3.05) is 7.05 Å². The molecule has 0 saturated carbocycles. The first-order chi connectivity index (χ1) is 6.49. The van der Waals surface area contributed by atoms with Gasteiger partial charge in [0.25, 0.3) is 0 Å². The number of hydrogen-bond acceptors (Lipinski definition) is 2. The topological polar surface area (TPSA) is 32.3 Å². The van der Waals surface area contributed by atoms with Gasteiger partial charge in [-0.3, -0.25) is 0 Å². The number of aliphatic hydroxyl groups is 1. The predicted molar refractivity (Wildman–Crippen MR) is 54.5 cm³/mol. The highest BCUT2D eigenvalue weighted by Crippen LogP contribution is 2.26. The van der Waals surface area contributed by atoms with Gasteiger partial charge in [-0.05, 0) is 27.0 Å². The number of benzene rings is 1. The molecule has 3 heteroatoms. The highest BCUT2D eigenvalue weighted by molar-refractivity contribution is 5.22. The van der Waals surface area contributed by atoms with Crippen molar-refractivity contribution < 1.29 is 9.50 Å². The Kier molecular flexibility index (Phi) is 3.24. The molecule has 78 valence electrons. The molecular formula is C11H16FNO. The summed E-state index contributed by atoms with van der Waals surface area (Å²) in [5.74, 6) is -0.372. The van der Waals surface area contributed by atoms with Crippen molar-refractivity contribution in [2.24, 2.45) is 0 Å². The van der Waals surface area contributed by atoms with E-state index in [-0.39, 0.29) is 5.82 Å². The van der Waals surface area contributed by atoms with E-state index in [1.54, 1.807) is 25.2 Å². The van der Waals surface area contributed by atoms with Crippen molar-refractivity contribution in [3.05, 3.63) is 35.6 Å². The van der Waals surface area contributed by atoms with Crippen LogP contribution < -0.4 is 5.32 Å². The van der Waals surface area contributed by atoms with Gasteiger partial charge in [-0.2, -0.15) is 0 Å². The van der Waals surface area contributed by atoms with Crippen LogP contribution in [-0.2, 0) is 0 Å². The summed E-state index contributed by atoms with van der Waals surface area (Å²) in [6.07, 6.45) is -0.853. The van der Waals surface area contributed by atoms with Crippen LogP contribution in [0.25, 0.3) is 0 Å². The van der Waals surface area contributed by atoms with Gasteiger partial charge < -0.3 is 10.4 Å². The Bertz CT molecular complexity index is 312. The summed E-state index contributed by atoms with van der Waals surface area (Å²) in [6, 6.07) is 6.27. The first-order valence-electron chi connectivity index (χ1n) is 4.60. The Morgan fingerprint density at radius 3 is 2.43 bits per heavy atom. The molecule has 0 aliphatic carbocycles. The average Bonchev–Trinajstić information content (AvgIpc) is 2.17. The summed E-state index contributed by atoms with van der Waals surface area (Å²) < 4.78 is 13.3. The van der Waals surface area contributed by atoms with Crippen LogP contribution in [0, 0.1) is 5.82 Å². The molecule has 0 fully saturated rings. The van der Waals surface area contributed by atoms with E-state index in [0.29, 0.717) is 5.56 Å². The lowest BCUT2D eigenvalue weighted by molar-refractivity contribution is 0.0821. The van der Waals surface area contributed by atoms with Crippen LogP contribution in [0.5, 0.6) is 0 Å². The fraction of sp³-hybridized carbons (Fsp3) is 0.455. The molecule has 0 amide bonds. The van der Waals surface area contributed by atoms with Crippen LogP contribution in [0.3, 0.4) is 0 Å². The van der Waals surface area contributed by atoms with Crippen molar-refractivity contribution in [1.29, 1.82) is 0 Å². The minimum absolute atomic E-state index is 0.326. The summed E-state index contributed by atoms with van der Waals surface area (Å²) in [4.78, 5) is 0. The van der Waals surface area contributed by atoms with Crippen LogP contribution >= 0.6 is 0 Å². The molecule has 1 aromatic rings. The third kappa shape index (κ3) is 2.11. The van der Waals surface area contributed by atoms with Crippen LogP contribution in [-0.4, -0.2) is 17.7 Å². The first-order valence-corrected chi connectivity index (χ1v) is 4.60. The maximum Gasteiger partial charge on any atom is 0.129 e. The van der Waals surface area contributed by atoms with Gasteiger partial charge in [0.05, 0.1) is 6.10 Å². The molecule has 0 spiro atoms. The van der Waals surface area contributed by atoms with Gasteiger partial charge in [-0.1, -0.05) is 18.2 Å². The third-order valence-electron chi connectivity index (χ3n) is 2.53. The van der Waals surface area contributed by atoms with Crippen LogP contribution in [0.15, 0.2) is 24.3 Å². The van der Waals surface area contributed by atoms with E-state index in [2.05, 4.69) is 5.32 Å². The summed E-state index contributed by atoms with van der Waals surface area (Å²) in [6.45, 7) is 3.65. The third-order valence-corrected chi connectivity index (χ3v) is 2.53. The molecule has 2 N–H and O–H groups in total. The lowest BCUT2D eigenvalue weighted by Gasteiger charge is -2.30. The monoisotopic (exact) mass is 197 g/mol. The quantitative estimate of drug-likeness (QED) is 0.775. The lowest BCUT2D eigenvalue weighted by Crippen LogP contribution is -2.42. The van der Waals surface area contributed by atoms with Gasteiger partial charge >= 0.3 is 0 Å². The van der Waals surface area contributed by atoms with Gasteiger partial charge in [0, 0.05) is 11.1 Å². The van der Waals surface area contributed by atoms with Crippen molar-refractivity contribution in [3.8, 4) is 0 Å².